The highest BCUT2D eigenvalue weighted by molar-refractivity contribution is 7.07. The monoisotopic (exact) mass is 289 g/mol. The average molecular weight is 289 g/mol. The van der Waals surface area contributed by atoms with Crippen LogP contribution in [0.25, 0.3) is 0 Å². The zero-order valence-electron chi connectivity index (χ0n) is 10.0. The lowest BCUT2D eigenvalue weighted by atomic mass is 9.92. The molecule has 1 aromatic heterocycles. The fraction of sp³-hybridized carbons (Fsp3) is 0.500. The lowest BCUT2D eigenvalue weighted by molar-refractivity contribution is -0.171. The minimum atomic E-state index is -3.37. The maximum absolute atomic E-state index is 13.6. The number of amides is 1. The molecular weight excluding hydrogens is 276 g/mol. The van der Waals surface area contributed by atoms with Crippen molar-refractivity contribution in [2.45, 2.75) is 18.8 Å². The summed E-state index contributed by atoms with van der Waals surface area (Å²) in [5.41, 5.74) is 0.790. The van der Waals surface area contributed by atoms with Gasteiger partial charge < -0.3 is 10.0 Å². The van der Waals surface area contributed by atoms with Crippen LogP contribution < -0.4 is 0 Å². The topological polar surface area (TPSA) is 57.6 Å². The number of nitrogens with zero attached hydrogens (tertiary/aromatic N) is 1. The summed E-state index contributed by atoms with van der Waals surface area (Å²) in [5.74, 6) is -6.96. The minimum absolute atomic E-state index is 0.0650. The first-order valence-electron chi connectivity index (χ1n) is 5.79. The highest BCUT2D eigenvalue weighted by atomic mass is 32.1. The lowest BCUT2D eigenvalue weighted by Crippen LogP contribution is -2.53. The van der Waals surface area contributed by atoms with Crippen LogP contribution in [-0.2, 0) is 16.0 Å². The van der Waals surface area contributed by atoms with E-state index < -0.39 is 24.4 Å². The zero-order valence-corrected chi connectivity index (χ0v) is 10.8. The summed E-state index contributed by atoms with van der Waals surface area (Å²) in [7, 11) is 0. The second-order valence-electron chi connectivity index (χ2n) is 4.56. The van der Waals surface area contributed by atoms with Gasteiger partial charge in [0.15, 0.2) is 0 Å². The molecule has 0 radical (unpaired) electrons. The Bertz CT molecular complexity index is 475. The van der Waals surface area contributed by atoms with Gasteiger partial charge in [0.05, 0.1) is 13.0 Å². The van der Waals surface area contributed by atoms with Crippen molar-refractivity contribution in [1.82, 2.24) is 4.90 Å². The van der Waals surface area contributed by atoms with Gasteiger partial charge in [-0.25, -0.2) is 8.78 Å². The molecule has 1 atom stereocenters. The van der Waals surface area contributed by atoms with Crippen molar-refractivity contribution in [3.63, 3.8) is 0 Å². The highest BCUT2D eigenvalue weighted by Crippen LogP contribution is 2.33. The molecule has 1 aromatic rings. The van der Waals surface area contributed by atoms with Gasteiger partial charge >= 0.3 is 5.97 Å². The molecule has 0 saturated carbocycles. The molecule has 0 bridgehead atoms. The molecule has 7 heteroatoms. The van der Waals surface area contributed by atoms with Crippen molar-refractivity contribution in [2.24, 2.45) is 5.92 Å². The van der Waals surface area contributed by atoms with Crippen LogP contribution >= 0.6 is 11.3 Å². The largest absolute Gasteiger partial charge is 0.481 e. The number of carboxylic acid groups (broad SMARTS) is 1. The van der Waals surface area contributed by atoms with E-state index in [4.69, 9.17) is 5.11 Å². The van der Waals surface area contributed by atoms with E-state index in [0.29, 0.717) is 0 Å². The van der Waals surface area contributed by atoms with Gasteiger partial charge in [-0.1, -0.05) is 0 Å². The van der Waals surface area contributed by atoms with Crippen molar-refractivity contribution in [3.8, 4) is 0 Å². The standard InChI is InChI=1S/C12H13F2NO3S/c13-12(14)7-15(3-1-9(12)11(17)18)10(16)5-8-2-4-19-6-8/h2,4,6,9H,1,3,5,7H2,(H,17,18)/t9-/m1/s1. The molecular formula is C12H13F2NO3S. The quantitative estimate of drug-likeness (QED) is 0.924. The summed E-state index contributed by atoms with van der Waals surface area (Å²) in [6.07, 6.45) is -0.130. The third-order valence-corrected chi connectivity index (χ3v) is 3.92. The molecule has 1 fully saturated rings. The van der Waals surface area contributed by atoms with Gasteiger partial charge in [-0.05, 0) is 28.8 Å². The van der Waals surface area contributed by atoms with E-state index in [1.807, 2.05) is 5.38 Å². The van der Waals surface area contributed by atoms with Crippen LogP contribution in [0.3, 0.4) is 0 Å². The van der Waals surface area contributed by atoms with E-state index >= 15 is 0 Å². The maximum atomic E-state index is 13.6. The van der Waals surface area contributed by atoms with E-state index in [-0.39, 0.29) is 25.3 Å². The maximum Gasteiger partial charge on any atom is 0.312 e. The van der Waals surface area contributed by atoms with Gasteiger partial charge in [0, 0.05) is 6.54 Å². The van der Waals surface area contributed by atoms with Crippen LogP contribution in [0.5, 0.6) is 0 Å². The number of likely N-dealkylation sites (tertiary alicyclic amines) is 1. The van der Waals surface area contributed by atoms with Gasteiger partial charge in [0.2, 0.25) is 5.91 Å². The Morgan fingerprint density at radius 1 is 1.53 bits per heavy atom. The Labute approximate surface area is 112 Å². The smallest absolute Gasteiger partial charge is 0.312 e. The van der Waals surface area contributed by atoms with Gasteiger partial charge in [-0.3, -0.25) is 9.59 Å². The lowest BCUT2D eigenvalue weighted by Gasteiger charge is -2.36. The number of hydrogen-bond donors (Lipinski definition) is 1. The highest BCUT2D eigenvalue weighted by Gasteiger charge is 2.49. The second-order valence-corrected chi connectivity index (χ2v) is 5.34. The van der Waals surface area contributed by atoms with Crippen molar-refractivity contribution in [2.75, 3.05) is 13.1 Å². The first kappa shape index (κ1) is 13.9. The molecule has 0 spiro atoms. The van der Waals surface area contributed by atoms with Crippen molar-refractivity contribution in [3.05, 3.63) is 22.4 Å². The Kier molecular flexibility index (Phi) is 3.84. The number of aliphatic carboxylic acids is 1. The number of piperidine rings is 1. The summed E-state index contributed by atoms with van der Waals surface area (Å²) in [5, 5.41) is 12.3. The van der Waals surface area contributed by atoms with Crippen LogP contribution in [0.15, 0.2) is 16.8 Å². The van der Waals surface area contributed by atoms with E-state index in [2.05, 4.69) is 0 Å². The summed E-state index contributed by atoms with van der Waals surface area (Å²) in [6.45, 7) is -0.748. The average Bonchev–Trinajstić information content (AvgIpc) is 2.79. The number of alkyl halides is 2. The number of carboxylic acids is 1. The molecule has 0 aromatic carbocycles. The molecule has 1 saturated heterocycles. The van der Waals surface area contributed by atoms with E-state index in [0.717, 1.165) is 10.5 Å². The van der Waals surface area contributed by atoms with Crippen LogP contribution in [0, 0.1) is 5.92 Å². The Morgan fingerprint density at radius 2 is 2.26 bits per heavy atom. The van der Waals surface area contributed by atoms with Crippen LogP contribution in [0.2, 0.25) is 0 Å². The molecule has 2 rings (SSSR count). The summed E-state index contributed by atoms with van der Waals surface area (Å²) >= 11 is 1.44. The normalized spacial score (nSPS) is 22.2. The van der Waals surface area contributed by atoms with Crippen LogP contribution in [0.4, 0.5) is 8.78 Å². The molecule has 0 aliphatic carbocycles. The van der Waals surface area contributed by atoms with Crippen molar-refractivity contribution in [1.29, 1.82) is 0 Å². The molecule has 19 heavy (non-hydrogen) atoms. The second kappa shape index (κ2) is 5.24. The van der Waals surface area contributed by atoms with Gasteiger partial charge in [0.1, 0.15) is 5.92 Å². The predicted molar refractivity (Wildman–Crippen MR) is 65.3 cm³/mol. The number of rotatable bonds is 3. The summed E-state index contributed by atoms with van der Waals surface area (Å²) in [6, 6.07) is 1.77. The number of hydrogen-bond acceptors (Lipinski definition) is 3. The first-order chi connectivity index (χ1) is 8.90. The molecule has 1 aliphatic rings. The zero-order chi connectivity index (χ0) is 14.0. The van der Waals surface area contributed by atoms with Crippen molar-refractivity contribution < 1.29 is 23.5 Å². The van der Waals surface area contributed by atoms with Crippen LogP contribution in [-0.4, -0.2) is 40.9 Å². The van der Waals surface area contributed by atoms with E-state index in [1.54, 1.807) is 11.4 Å². The summed E-state index contributed by atoms with van der Waals surface area (Å²) < 4.78 is 27.3. The molecule has 4 nitrogen and oxygen atoms in total. The minimum Gasteiger partial charge on any atom is -0.481 e. The van der Waals surface area contributed by atoms with Gasteiger partial charge in [-0.2, -0.15) is 11.3 Å². The van der Waals surface area contributed by atoms with Gasteiger partial charge in [-0.15, -0.1) is 0 Å². The molecule has 1 amide bonds. The fourth-order valence-corrected chi connectivity index (χ4v) is 2.81. The third-order valence-electron chi connectivity index (χ3n) is 3.19. The predicted octanol–water partition coefficient (Wildman–Crippen LogP) is 1.86. The Morgan fingerprint density at radius 3 is 2.79 bits per heavy atom. The number of halogens is 2. The molecule has 2 heterocycles. The van der Waals surface area contributed by atoms with Gasteiger partial charge in [0.25, 0.3) is 5.92 Å². The fourth-order valence-electron chi connectivity index (χ4n) is 2.14. The number of carbonyl (C=O) groups is 2. The third kappa shape index (κ3) is 3.09. The van der Waals surface area contributed by atoms with Crippen LogP contribution in [0.1, 0.15) is 12.0 Å². The van der Waals surface area contributed by atoms with E-state index in [1.165, 1.54) is 11.3 Å². The molecule has 1 aliphatic heterocycles. The van der Waals surface area contributed by atoms with E-state index in [9.17, 15) is 18.4 Å². The Balaban J connectivity index is 2.00. The SMILES string of the molecule is O=C(O)[C@H]1CCN(C(=O)Cc2ccsc2)CC1(F)F. The summed E-state index contributed by atoms with van der Waals surface area (Å²) in [4.78, 5) is 23.7. The molecule has 1 N–H and O–H groups in total. The number of carbonyl (C=O) groups excluding carboxylic acids is 1. The Hall–Kier alpha value is -1.50. The number of thiophene rings is 1. The van der Waals surface area contributed by atoms with Crippen molar-refractivity contribution >= 4 is 23.2 Å². The molecule has 104 valence electrons. The molecule has 0 unspecified atom stereocenters. The first-order valence-corrected chi connectivity index (χ1v) is 6.74.